The lowest BCUT2D eigenvalue weighted by molar-refractivity contribution is 0.385. The highest BCUT2D eigenvalue weighted by atomic mass is 19.1. The van der Waals surface area contributed by atoms with Crippen LogP contribution in [0.25, 0.3) is 0 Å². The molecule has 1 rings (SSSR count). The summed E-state index contributed by atoms with van der Waals surface area (Å²) in [6.45, 7) is 2.12. The van der Waals surface area contributed by atoms with Gasteiger partial charge >= 0.3 is 0 Å². The zero-order chi connectivity index (χ0) is 11.3. The second-order valence-corrected chi connectivity index (χ2v) is 3.52. The van der Waals surface area contributed by atoms with E-state index in [0.29, 0.717) is 5.75 Å². The van der Waals surface area contributed by atoms with E-state index < -0.39 is 0 Å². The third kappa shape index (κ3) is 2.93. The molecular weight excluding hydrogens is 193 g/mol. The lowest BCUT2D eigenvalue weighted by Gasteiger charge is -2.16. The smallest absolute Gasteiger partial charge is 0.165 e. The van der Waals surface area contributed by atoms with Crippen molar-refractivity contribution in [1.82, 2.24) is 5.32 Å². The summed E-state index contributed by atoms with van der Waals surface area (Å²) in [4.78, 5) is 0. The molecule has 0 aliphatic carbocycles. The first-order valence-electron chi connectivity index (χ1n) is 5.23. The van der Waals surface area contributed by atoms with E-state index in [1.807, 2.05) is 13.1 Å². The summed E-state index contributed by atoms with van der Waals surface area (Å²) in [6.07, 6.45) is 2.07. The number of hydrogen-bond acceptors (Lipinski definition) is 2. The van der Waals surface area contributed by atoms with Crippen LogP contribution in [-0.2, 0) is 0 Å². The largest absolute Gasteiger partial charge is 0.494 e. The Labute approximate surface area is 90.4 Å². The summed E-state index contributed by atoms with van der Waals surface area (Å²) in [5.41, 5.74) is 0.970. The minimum atomic E-state index is -0.300. The Kier molecular flexibility index (Phi) is 4.56. The van der Waals surface area contributed by atoms with E-state index in [-0.39, 0.29) is 11.9 Å². The van der Waals surface area contributed by atoms with Crippen LogP contribution >= 0.6 is 0 Å². The molecule has 1 unspecified atom stereocenters. The maximum absolute atomic E-state index is 13.4. The van der Waals surface area contributed by atoms with Gasteiger partial charge in [0.15, 0.2) is 11.6 Å². The maximum Gasteiger partial charge on any atom is 0.165 e. The van der Waals surface area contributed by atoms with E-state index in [1.165, 1.54) is 13.2 Å². The van der Waals surface area contributed by atoms with Gasteiger partial charge in [-0.15, -0.1) is 0 Å². The molecule has 0 aliphatic rings. The van der Waals surface area contributed by atoms with Gasteiger partial charge in [-0.3, -0.25) is 0 Å². The maximum atomic E-state index is 13.4. The molecule has 0 aromatic heterocycles. The molecule has 84 valence electrons. The fourth-order valence-corrected chi connectivity index (χ4v) is 1.67. The number of hydrogen-bond donors (Lipinski definition) is 1. The summed E-state index contributed by atoms with van der Waals surface area (Å²) < 4.78 is 18.3. The van der Waals surface area contributed by atoms with Crippen LogP contribution in [-0.4, -0.2) is 14.2 Å². The van der Waals surface area contributed by atoms with Crippen LogP contribution in [0.1, 0.15) is 31.4 Å². The first kappa shape index (κ1) is 12.0. The number of nitrogens with one attached hydrogen (secondary N) is 1. The van der Waals surface area contributed by atoms with Gasteiger partial charge in [0.2, 0.25) is 0 Å². The standard InChI is InChI=1S/C12H18FNO/c1-4-5-11(14-2)9-6-7-12(15-3)10(13)8-9/h6-8,11,14H,4-5H2,1-3H3. The number of methoxy groups -OCH3 is 1. The fraction of sp³-hybridized carbons (Fsp3) is 0.500. The first-order valence-corrected chi connectivity index (χ1v) is 5.23. The van der Waals surface area contributed by atoms with Crippen LogP contribution < -0.4 is 10.1 Å². The molecule has 0 bridgehead atoms. The van der Waals surface area contributed by atoms with Crippen LogP contribution in [0.3, 0.4) is 0 Å². The second kappa shape index (κ2) is 5.71. The van der Waals surface area contributed by atoms with Gasteiger partial charge in [-0.2, -0.15) is 0 Å². The van der Waals surface area contributed by atoms with Crippen molar-refractivity contribution >= 4 is 0 Å². The number of benzene rings is 1. The Morgan fingerprint density at radius 2 is 2.20 bits per heavy atom. The summed E-state index contributed by atoms with van der Waals surface area (Å²) >= 11 is 0. The molecule has 2 nitrogen and oxygen atoms in total. The van der Waals surface area contributed by atoms with Crippen molar-refractivity contribution in [2.24, 2.45) is 0 Å². The van der Waals surface area contributed by atoms with Gasteiger partial charge in [-0.25, -0.2) is 4.39 Å². The van der Waals surface area contributed by atoms with Crippen molar-refractivity contribution in [2.45, 2.75) is 25.8 Å². The molecule has 0 heterocycles. The van der Waals surface area contributed by atoms with Crippen LogP contribution in [0.2, 0.25) is 0 Å². The lowest BCUT2D eigenvalue weighted by atomic mass is 10.0. The van der Waals surface area contributed by atoms with Gasteiger partial charge < -0.3 is 10.1 Å². The molecule has 0 saturated carbocycles. The highest BCUT2D eigenvalue weighted by molar-refractivity contribution is 5.30. The van der Waals surface area contributed by atoms with E-state index in [0.717, 1.165) is 18.4 Å². The molecule has 0 saturated heterocycles. The van der Waals surface area contributed by atoms with Gasteiger partial charge in [0, 0.05) is 6.04 Å². The molecule has 1 aromatic carbocycles. The Morgan fingerprint density at radius 3 is 2.67 bits per heavy atom. The van der Waals surface area contributed by atoms with Crippen LogP contribution in [0.4, 0.5) is 4.39 Å². The minimum absolute atomic E-state index is 0.218. The van der Waals surface area contributed by atoms with Crippen molar-refractivity contribution in [2.75, 3.05) is 14.2 Å². The summed E-state index contributed by atoms with van der Waals surface area (Å²) in [5, 5.41) is 3.18. The molecule has 0 radical (unpaired) electrons. The van der Waals surface area contributed by atoms with Crippen molar-refractivity contribution in [3.8, 4) is 5.75 Å². The van der Waals surface area contributed by atoms with E-state index in [2.05, 4.69) is 12.2 Å². The number of rotatable bonds is 5. The fourth-order valence-electron chi connectivity index (χ4n) is 1.67. The predicted molar refractivity (Wildman–Crippen MR) is 59.7 cm³/mol. The quantitative estimate of drug-likeness (QED) is 0.808. The Hall–Kier alpha value is -1.09. The third-order valence-corrected chi connectivity index (χ3v) is 2.50. The molecule has 15 heavy (non-hydrogen) atoms. The van der Waals surface area contributed by atoms with Crippen LogP contribution in [0.15, 0.2) is 18.2 Å². The van der Waals surface area contributed by atoms with Gasteiger partial charge in [-0.1, -0.05) is 19.4 Å². The Morgan fingerprint density at radius 1 is 1.47 bits per heavy atom. The summed E-state index contributed by atoms with van der Waals surface area (Å²) in [6, 6.07) is 5.33. The average Bonchev–Trinajstić information content (AvgIpc) is 2.25. The number of halogens is 1. The average molecular weight is 211 g/mol. The summed E-state index contributed by atoms with van der Waals surface area (Å²) in [7, 11) is 3.36. The Bertz CT molecular complexity index is 314. The van der Waals surface area contributed by atoms with E-state index in [1.54, 1.807) is 6.07 Å². The molecule has 3 heteroatoms. The van der Waals surface area contributed by atoms with Gasteiger partial charge in [0.1, 0.15) is 0 Å². The first-order chi connectivity index (χ1) is 7.22. The lowest BCUT2D eigenvalue weighted by Crippen LogP contribution is -2.16. The SMILES string of the molecule is CCCC(NC)c1ccc(OC)c(F)c1. The molecule has 1 N–H and O–H groups in total. The van der Waals surface area contributed by atoms with Crippen molar-refractivity contribution in [3.63, 3.8) is 0 Å². The van der Waals surface area contributed by atoms with Crippen molar-refractivity contribution in [1.29, 1.82) is 0 Å². The molecule has 1 aromatic rings. The molecule has 0 fully saturated rings. The normalized spacial score (nSPS) is 12.5. The minimum Gasteiger partial charge on any atom is -0.494 e. The van der Waals surface area contributed by atoms with Crippen molar-refractivity contribution < 1.29 is 9.13 Å². The highest BCUT2D eigenvalue weighted by Crippen LogP contribution is 2.24. The topological polar surface area (TPSA) is 21.3 Å². The monoisotopic (exact) mass is 211 g/mol. The van der Waals surface area contributed by atoms with Crippen molar-refractivity contribution in [3.05, 3.63) is 29.6 Å². The highest BCUT2D eigenvalue weighted by Gasteiger charge is 2.10. The predicted octanol–water partition coefficient (Wildman–Crippen LogP) is 2.89. The van der Waals surface area contributed by atoms with Gasteiger partial charge in [0.05, 0.1) is 7.11 Å². The summed E-state index contributed by atoms with van der Waals surface area (Å²) in [5.74, 6) is -0.00328. The molecule has 0 amide bonds. The van der Waals surface area contributed by atoms with Crippen LogP contribution in [0.5, 0.6) is 5.75 Å². The van der Waals surface area contributed by atoms with E-state index in [9.17, 15) is 4.39 Å². The van der Waals surface area contributed by atoms with E-state index in [4.69, 9.17) is 4.74 Å². The van der Waals surface area contributed by atoms with Gasteiger partial charge in [-0.05, 0) is 31.2 Å². The second-order valence-electron chi connectivity index (χ2n) is 3.52. The molecule has 0 aliphatic heterocycles. The van der Waals surface area contributed by atoms with E-state index >= 15 is 0 Å². The van der Waals surface area contributed by atoms with Gasteiger partial charge in [0.25, 0.3) is 0 Å². The van der Waals surface area contributed by atoms with Crippen LogP contribution in [0, 0.1) is 5.82 Å². The Balaban J connectivity index is 2.89. The third-order valence-electron chi connectivity index (χ3n) is 2.50. The molecule has 1 atom stereocenters. The number of ether oxygens (including phenoxy) is 1. The molecule has 0 spiro atoms. The zero-order valence-electron chi connectivity index (χ0n) is 9.51. The molecular formula is C12H18FNO. The zero-order valence-corrected chi connectivity index (χ0v) is 9.51.